The Bertz CT molecular complexity index is 504. The zero-order chi connectivity index (χ0) is 15.9. The summed E-state index contributed by atoms with van der Waals surface area (Å²) in [6, 6.07) is 8.53. The van der Waals surface area contributed by atoms with E-state index in [0.29, 0.717) is 13.1 Å². The third-order valence-corrected chi connectivity index (χ3v) is 3.83. The number of likely N-dealkylation sites (tertiary alicyclic amines) is 1. The van der Waals surface area contributed by atoms with Crippen LogP contribution in [0.25, 0.3) is 0 Å². The molecule has 1 heterocycles. The minimum absolute atomic E-state index is 0.0220. The summed E-state index contributed by atoms with van der Waals surface area (Å²) in [6.45, 7) is 2.85. The number of amides is 3. The summed E-state index contributed by atoms with van der Waals surface area (Å²) >= 11 is 0. The lowest BCUT2D eigenvalue weighted by Crippen LogP contribution is -2.53. The van der Waals surface area contributed by atoms with Crippen LogP contribution in [0.1, 0.15) is 26.2 Å². The van der Waals surface area contributed by atoms with Crippen LogP contribution in [-0.2, 0) is 4.79 Å². The van der Waals surface area contributed by atoms with Crippen molar-refractivity contribution in [1.29, 1.82) is 0 Å². The average molecular weight is 304 g/mol. The van der Waals surface area contributed by atoms with Crippen LogP contribution in [0, 0.1) is 0 Å². The van der Waals surface area contributed by atoms with Gasteiger partial charge in [-0.05, 0) is 38.3 Å². The molecule has 2 rings (SSSR count). The summed E-state index contributed by atoms with van der Waals surface area (Å²) in [5, 5.41) is 5.61. The number of rotatable bonds is 4. The zero-order valence-electron chi connectivity index (χ0n) is 12.9. The van der Waals surface area contributed by atoms with Crippen LogP contribution < -0.4 is 16.4 Å². The van der Waals surface area contributed by atoms with Crippen molar-refractivity contribution in [1.82, 2.24) is 10.2 Å². The fraction of sp³-hybridized carbons (Fsp3) is 0.500. The highest BCUT2D eigenvalue weighted by Gasteiger charge is 2.28. The van der Waals surface area contributed by atoms with E-state index in [4.69, 9.17) is 5.73 Å². The van der Waals surface area contributed by atoms with Gasteiger partial charge in [0.2, 0.25) is 5.91 Å². The molecule has 4 N–H and O–H groups in total. The van der Waals surface area contributed by atoms with Gasteiger partial charge in [0.25, 0.3) is 0 Å². The van der Waals surface area contributed by atoms with E-state index in [1.54, 1.807) is 11.8 Å². The van der Waals surface area contributed by atoms with E-state index in [-0.39, 0.29) is 18.0 Å². The van der Waals surface area contributed by atoms with Crippen LogP contribution in [-0.4, -0.2) is 42.0 Å². The first-order valence-electron chi connectivity index (χ1n) is 7.74. The van der Waals surface area contributed by atoms with Crippen molar-refractivity contribution in [3.05, 3.63) is 30.3 Å². The van der Waals surface area contributed by atoms with Crippen molar-refractivity contribution >= 4 is 17.6 Å². The number of nitrogens with zero attached hydrogens (tertiary/aromatic N) is 1. The highest BCUT2D eigenvalue weighted by Crippen LogP contribution is 2.17. The smallest absolute Gasteiger partial charge is 0.319 e. The molecule has 2 atom stereocenters. The summed E-state index contributed by atoms with van der Waals surface area (Å²) in [5.41, 5.74) is 6.44. The lowest BCUT2D eigenvalue weighted by molar-refractivity contribution is -0.135. The van der Waals surface area contributed by atoms with Gasteiger partial charge in [-0.2, -0.15) is 0 Å². The molecular formula is C16H24N4O2. The van der Waals surface area contributed by atoms with Gasteiger partial charge >= 0.3 is 6.03 Å². The molecule has 1 saturated heterocycles. The molecule has 0 bridgehead atoms. The molecule has 3 amide bonds. The molecule has 0 aliphatic carbocycles. The molecule has 1 aromatic carbocycles. The van der Waals surface area contributed by atoms with Crippen molar-refractivity contribution < 1.29 is 9.59 Å². The normalized spacial score (nSPS) is 19.4. The molecule has 1 aliphatic heterocycles. The number of carbonyl (C=O) groups excluding carboxylic acids is 2. The number of nitrogens with two attached hydrogens (primary N) is 1. The fourth-order valence-electron chi connectivity index (χ4n) is 2.67. The predicted octanol–water partition coefficient (Wildman–Crippen LogP) is 1.54. The van der Waals surface area contributed by atoms with Crippen LogP contribution in [0.5, 0.6) is 0 Å². The first kappa shape index (κ1) is 16.3. The largest absolute Gasteiger partial charge is 0.337 e. The molecule has 22 heavy (non-hydrogen) atoms. The van der Waals surface area contributed by atoms with Crippen molar-refractivity contribution in [3.63, 3.8) is 0 Å². The summed E-state index contributed by atoms with van der Waals surface area (Å²) in [5.74, 6) is -0.0463. The number of nitrogens with one attached hydrogen (secondary N) is 2. The monoisotopic (exact) mass is 304 g/mol. The molecule has 0 aromatic heterocycles. The van der Waals surface area contributed by atoms with E-state index in [0.717, 1.165) is 24.9 Å². The molecule has 0 radical (unpaired) electrons. The molecule has 1 unspecified atom stereocenters. The first-order valence-corrected chi connectivity index (χ1v) is 7.74. The minimum atomic E-state index is -0.501. The van der Waals surface area contributed by atoms with Gasteiger partial charge in [0.15, 0.2) is 0 Å². The standard InChI is InChI=1S/C16H24N4O2/c1-12(17)15(21)20-10-6-5-9-14(20)11-18-16(22)19-13-7-3-2-4-8-13/h2-4,7-8,12,14H,5-6,9-11,17H2,1H3,(H2,18,19,22)/t12-,14?/m0/s1. The second-order valence-corrected chi connectivity index (χ2v) is 5.67. The second kappa shape index (κ2) is 7.79. The van der Waals surface area contributed by atoms with Crippen LogP contribution in [0.15, 0.2) is 30.3 Å². The van der Waals surface area contributed by atoms with Gasteiger partial charge in [-0.3, -0.25) is 4.79 Å². The zero-order valence-corrected chi connectivity index (χ0v) is 12.9. The fourth-order valence-corrected chi connectivity index (χ4v) is 2.67. The Morgan fingerprint density at radius 3 is 2.73 bits per heavy atom. The maximum atomic E-state index is 12.1. The van der Waals surface area contributed by atoms with Gasteiger partial charge < -0.3 is 21.3 Å². The van der Waals surface area contributed by atoms with E-state index in [1.807, 2.05) is 30.3 Å². The minimum Gasteiger partial charge on any atom is -0.337 e. The van der Waals surface area contributed by atoms with Gasteiger partial charge in [-0.1, -0.05) is 18.2 Å². The molecule has 6 nitrogen and oxygen atoms in total. The Kier molecular flexibility index (Phi) is 5.77. The lowest BCUT2D eigenvalue weighted by Gasteiger charge is -2.36. The Hall–Kier alpha value is -2.08. The van der Waals surface area contributed by atoms with Crippen LogP contribution in [0.2, 0.25) is 0 Å². The molecule has 1 fully saturated rings. The summed E-state index contributed by atoms with van der Waals surface area (Å²) in [7, 11) is 0. The average Bonchev–Trinajstić information content (AvgIpc) is 2.53. The third-order valence-electron chi connectivity index (χ3n) is 3.83. The molecule has 6 heteroatoms. The number of benzene rings is 1. The Balaban J connectivity index is 1.85. The summed E-state index contributed by atoms with van der Waals surface area (Å²) < 4.78 is 0. The SMILES string of the molecule is C[C@H](N)C(=O)N1CCCCC1CNC(=O)Nc1ccccc1. The van der Waals surface area contributed by atoms with E-state index in [9.17, 15) is 9.59 Å². The maximum Gasteiger partial charge on any atom is 0.319 e. The van der Waals surface area contributed by atoms with Crippen molar-refractivity contribution in [2.24, 2.45) is 5.73 Å². The Morgan fingerprint density at radius 1 is 1.32 bits per heavy atom. The molecule has 0 saturated carbocycles. The van der Waals surface area contributed by atoms with Crippen molar-refractivity contribution in [3.8, 4) is 0 Å². The van der Waals surface area contributed by atoms with Gasteiger partial charge in [0.05, 0.1) is 6.04 Å². The first-order chi connectivity index (χ1) is 10.6. The Morgan fingerprint density at radius 2 is 2.05 bits per heavy atom. The van der Waals surface area contributed by atoms with E-state index in [2.05, 4.69) is 10.6 Å². The third kappa shape index (κ3) is 4.46. The van der Waals surface area contributed by atoms with E-state index in [1.165, 1.54) is 0 Å². The Labute approximate surface area is 131 Å². The topological polar surface area (TPSA) is 87.5 Å². The van der Waals surface area contributed by atoms with Crippen LogP contribution in [0.3, 0.4) is 0 Å². The van der Waals surface area contributed by atoms with Crippen molar-refractivity contribution in [2.45, 2.75) is 38.3 Å². The molecular weight excluding hydrogens is 280 g/mol. The number of para-hydroxylation sites is 1. The highest BCUT2D eigenvalue weighted by molar-refractivity contribution is 5.89. The van der Waals surface area contributed by atoms with Crippen molar-refractivity contribution in [2.75, 3.05) is 18.4 Å². The number of hydrogen-bond acceptors (Lipinski definition) is 3. The van der Waals surface area contributed by atoms with Gasteiger partial charge in [-0.15, -0.1) is 0 Å². The number of piperidine rings is 1. The lowest BCUT2D eigenvalue weighted by atomic mass is 10.0. The number of urea groups is 1. The van der Waals surface area contributed by atoms with Crippen LogP contribution >= 0.6 is 0 Å². The van der Waals surface area contributed by atoms with Gasteiger partial charge in [0.1, 0.15) is 0 Å². The van der Waals surface area contributed by atoms with Gasteiger partial charge in [0, 0.05) is 24.8 Å². The quantitative estimate of drug-likeness (QED) is 0.788. The maximum absolute atomic E-state index is 12.1. The van der Waals surface area contributed by atoms with Crippen LogP contribution in [0.4, 0.5) is 10.5 Å². The van der Waals surface area contributed by atoms with Gasteiger partial charge in [-0.25, -0.2) is 4.79 Å². The molecule has 1 aromatic rings. The van der Waals surface area contributed by atoms with E-state index >= 15 is 0 Å². The molecule has 120 valence electrons. The summed E-state index contributed by atoms with van der Waals surface area (Å²) in [4.78, 5) is 25.8. The second-order valence-electron chi connectivity index (χ2n) is 5.67. The molecule has 1 aliphatic rings. The predicted molar refractivity (Wildman–Crippen MR) is 86.5 cm³/mol. The number of hydrogen-bond donors (Lipinski definition) is 3. The summed E-state index contributed by atoms with van der Waals surface area (Å²) in [6.07, 6.45) is 2.95. The van der Waals surface area contributed by atoms with E-state index < -0.39 is 6.04 Å². The highest BCUT2D eigenvalue weighted by atomic mass is 16.2. The number of carbonyl (C=O) groups is 2. The molecule has 0 spiro atoms. The number of anilines is 1.